The summed E-state index contributed by atoms with van der Waals surface area (Å²) in [5.41, 5.74) is 11.1. The number of ether oxygens (including phenoxy) is 2. The SMILES string of the molecule is COc1ccc(CN2C(=O)c3c(C)cc(Nc4ncnc(N)c4C)cc3C23CCOCC3)cc1. The van der Waals surface area contributed by atoms with E-state index in [0.29, 0.717) is 31.4 Å². The predicted molar refractivity (Wildman–Crippen MR) is 130 cm³/mol. The normalized spacial score (nSPS) is 16.6. The lowest BCUT2D eigenvalue weighted by Crippen LogP contribution is -2.47. The Kier molecular flexibility index (Phi) is 5.61. The number of nitrogen functional groups attached to an aromatic ring is 1. The molecule has 1 aromatic heterocycles. The van der Waals surface area contributed by atoms with Crippen LogP contribution < -0.4 is 15.8 Å². The van der Waals surface area contributed by atoms with E-state index in [1.54, 1.807) is 7.11 Å². The Balaban J connectivity index is 1.55. The fourth-order valence-electron chi connectivity index (χ4n) is 5.10. The van der Waals surface area contributed by atoms with Crippen LogP contribution in [0.25, 0.3) is 0 Å². The largest absolute Gasteiger partial charge is 0.497 e. The Morgan fingerprint density at radius 2 is 1.88 bits per heavy atom. The van der Waals surface area contributed by atoms with Crippen LogP contribution in [0.1, 0.15) is 45.5 Å². The van der Waals surface area contributed by atoms with Gasteiger partial charge in [-0.15, -0.1) is 0 Å². The van der Waals surface area contributed by atoms with Crippen molar-refractivity contribution < 1.29 is 14.3 Å². The summed E-state index contributed by atoms with van der Waals surface area (Å²) < 4.78 is 11.0. The molecule has 3 N–H and O–H groups in total. The van der Waals surface area contributed by atoms with E-state index < -0.39 is 5.54 Å². The summed E-state index contributed by atoms with van der Waals surface area (Å²) in [5, 5.41) is 3.39. The molecule has 2 aromatic carbocycles. The maximum atomic E-state index is 13.8. The number of nitrogens with zero attached hydrogens (tertiary/aromatic N) is 3. The minimum atomic E-state index is -0.410. The standard InChI is InChI=1S/C26H29N5O3/c1-16-12-19(30-24-17(2)23(27)28-15-29-24)13-21-22(16)25(32)31(26(21)8-10-34-11-9-26)14-18-4-6-20(33-3)7-5-18/h4-7,12-13,15H,8-11,14H2,1-3H3,(H3,27,28,29,30). The van der Waals surface area contributed by atoms with Crippen LogP contribution in [0.4, 0.5) is 17.3 Å². The highest BCUT2D eigenvalue weighted by Gasteiger charge is 2.51. The molecule has 0 aliphatic carbocycles. The first-order valence-corrected chi connectivity index (χ1v) is 11.4. The molecular weight excluding hydrogens is 430 g/mol. The smallest absolute Gasteiger partial charge is 0.255 e. The summed E-state index contributed by atoms with van der Waals surface area (Å²) in [7, 11) is 1.65. The van der Waals surface area contributed by atoms with Crippen LogP contribution in [-0.4, -0.2) is 41.1 Å². The van der Waals surface area contributed by atoms with E-state index in [0.717, 1.165) is 52.1 Å². The average molecular weight is 460 g/mol. The van der Waals surface area contributed by atoms with Crippen molar-refractivity contribution in [1.82, 2.24) is 14.9 Å². The molecule has 0 bridgehead atoms. The first-order valence-electron chi connectivity index (χ1n) is 11.4. The zero-order chi connectivity index (χ0) is 23.9. The maximum absolute atomic E-state index is 13.8. The van der Waals surface area contributed by atoms with E-state index in [1.165, 1.54) is 6.33 Å². The molecule has 3 aromatic rings. The second kappa shape index (κ2) is 8.61. The molecule has 5 rings (SSSR count). The third-order valence-electron chi connectivity index (χ3n) is 7.02. The molecule has 2 aliphatic heterocycles. The zero-order valence-electron chi connectivity index (χ0n) is 19.7. The van der Waals surface area contributed by atoms with Crippen molar-refractivity contribution in [2.75, 3.05) is 31.4 Å². The van der Waals surface area contributed by atoms with Gasteiger partial charge in [-0.1, -0.05) is 12.1 Å². The number of rotatable bonds is 5. The number of amides is 1. The van der Waals surface area contributed by atoms with Gasteiger partial charge in [0.2, 0.25) is 0 Å². The van der Waals surface area contributed by atoms with Gasteiger partial charge in [-0.3, -0.25) is 4.79 Å². The fraction of sp³-hybridized carbons (Fsp3) is 0.346. The summed E-state index contributed by atoms with van der Waals surface area (Å²) in [6.07, 6.45) is 2.96. The first kappa shape index (κ1) is 22.2. The minimum absolute atomic E-state index is 0.0687. The van der Waals surface area contributed by atoms with Crippen molar-refractivity contribution in [3.63, 3.8) is 0 Å². The van der Waals surface area contributed by atoms with Crippen molar-refractivity contribution >= 4 is 23.2 Å². The fourth-order valence-corrected chi connectivity index (χ4v) is 5.10. The highest BCUT2D eigenvalue weighted by molar-refractivity contribution is 6.02. The van der Waals surface area contributed by atoms with E-state index in [-0.39, 0.29) is 5.91 Å². The second-order valence-electron chi connectivity index (χ2n) is 8.96. The Morgan fingerprint density at radius 1 is 1.15 bits per heavy atom. The molecule has 1 saturated heterocycles. The third-order valence-corrected chi connectivity index (χ3v) is 7.02. The Hall–Kier alpha value is -3.65. The zero-order valence-corrected chi connectivity index (χ0v) is 19.7. The molecule has 8 heteroatoms. The molecule has 0 atom stereocenters. The lowest BCUT2D eigenvalue weighted by molar-refractivity contribution is -0.0179. The molecule has 1 amide bonds. The van der Waals surface area contributed by atoms with Gasteiger partial charge in [0, 0.05) is 36.6 Å². The van der Waals surface area contributed by atoms with Gasteiger partial charge in [-0.2, -0.15) is 0 Å². The number of aryl methyl sites for hydroxylation is 1. The molecule has 176 valence electrons. The van der Waals surface area contributed by atoms with Crippen molar-refractivity contribution in [1.29, 1.82) is 0 Å². The predicted octanol–water partition coefficient (Wildman–Crippen LogP) is 4.09. The van der Waals surface area contributed by atoms with E-state index in [9.17, 15) is 4.79 Å². The van der Waals surface area contributed by atoms with Crippen LogP contribution in [0.3, 0.4) is 0 Å². The number of carbonyl (C=O) groups excluding carboxylic acids is 1. The number of nitrogens with one attached hydrogen (secondary N) is 1. The second-order valence-corrected chi connectivity index (χ2v) is 8.96. The van der Waals surface area contributed by atoms with Crippen molar-refractivity contribution in [2.24, 2.45) is 0 Å². The number of fused-ring (bicyclic) bond motifs is 2. The number of methoxy groups -OCH3 is 1. The Morgan fingerprint density at radius 3 is 2.59 bits per heavy atom. The number of benzene rings is 2. The van der Waals surface area contributed by atoms with E-state index in [4.69, 9.17) is 15.2 Å². The lowest BCUT2D eigenvalue weighted by Gasteiger charge is -2.42. The topological polar surface area (TPSA) is 103 Å². The van der Waals surface area contributed by atoms with Crippen molar-refractivity contribution in [3.05, 3.63) is 70.5 Å². The molecule has 0 saturated carbocycles. The Labute approximate surface area is 199 Å². The number of hydrogen-bond acceptors (Lipinski definition) is 7. The number of carbonyl (C=O) groups is 1. The molecule has 1 fully saturated rings. The molecule has 1 spiro atoms. The quantitative estimate of drug-likeness (QED) is 0.592. The van der Waals surface area contributed by atoms with Crippen LogP contribution in [0, 0.1) is 13.8 Å². The minimum Gasteiger partial charge on any atom is -0.497 e. The molecule has 0 unspecified atom stereocenters. The van der Waals surface area contributed by atoms with Crippen LogP contribution in [0.15, 0.2) is 42.7 Å². The Bertz CT molecular complexity index is 1240. The van der Waals surface area contributed by atoms with Crippen molar-refractivity contribution in [2.45, 2.75) is 38.8 Å². The van der Waals surface area contributed by atoms with E-state index in [1.807, 2.05) is 49.1 Å². The summed E-state index contributed by atoms with van der Waals surface area (Å²) in [4.78, 5) is 24.2. The number of anilines is 3. The maximum Gasteiger partial charge on any atom is 0.255 e. The van der Waals surface area contributed by atoms with Gasteiger partial charge in [-0.25, -0.2) is 9.97 Å². The van der Waals surface area contributed by atoms with Gasteiger partial charge in [0.05, 0.1) is 12.6 Å². The van der Waals surface area contributed by atoms with Gasteiger partial charge in [0.25, 0.3) is 5.91 Å². The third kappa shape index (κ3) is 3.64. The molecule has 0 radical (unpaired) electrons. The monoisotopic (exact) mass is 459 g/mol. The van der Waals surface area contributed by atoms with E-state index in [2.05, 4.69) is 21.4 Å². The van der Waals surface area contributed by atoms with E-state index >= 15 is 0 Å². The van der Waals surface area contributed by atoms with Gasteiger partial charge >= 0.3 is 0 Å². The van der Waals surface area contributed by atoms with Crippen LogP contribution in [0.2, 0.25) is 0 Å². The van der Waals surface area contributed by atoms with Crippen molar-refractivity contribution in [3.8, 4) is 5.75 Å². The highest BCUT2D eigenvalue weighted by Crippen LogP contribution is 2.48. The van der Waals surface area contributed by atoms with Gasteiger partial charge in [0.15, 0.2) is 0 Å². The highest BCUT2D eigenvalue weighted by atomic mass is 16.5. The van der Waals surface area contributed by atoms with Crippen LogP contribution in [-0.2, 0) is 16.8 Å². The summed E-state index contributed by atoms with van der Waals surface area (Å²) in [6, 6.07) is 12.0. The van der Waals surface area contributed by atoms with Gasteiger partial charge in [0.1, 0.15) is 23.7 Å². The number of aromatic nitrogens is 2. The lowest BCUT2D eigenvalue weighted by atomic mass is 9.81. The molecular formula is C26H29N5O3. The number of hydrogen-bond donors (Lipinski definition) is 2. The summed E-state index contributed by atoms with van der Waals surface area (Å²) >= 11 is 0. The average Bonchev–Trinajstić information content (AvgIpc) is 3.06. The molecule has 8 nitrogen and oxygen atoms in total. The van der Waals surface area contributed by atoms with Crippen LogP contribution >= 0.6 is 0 Å². The molecule has 2 aliphatic rings. The summed E-state index contributed by atoms with van der Waals surface area (Å²) in [6.45, 7) is 5.64. The molecule has 3 heterocycles. The first-order chi connectivity index (χ1) is 16.4. The van der Waals surface area contributed by atoms with Gasteiger partial charge < -0.3 is 25.4 Å². The summed E-state index contributed by atoms with van der Waals surface area (Å²) in [5.74, 6) is 1.97. The molecule has 34 heavy (non-hydrogen) atoms. The van der Waals surface area contributed by atoms with Gasteiger partial charge in [-0.05, 0) is 67.6 Å². The number of nitrogens with two attached hydrogens (primary N) is 1. The van der Waals surface area contributed by atoms with Crippen LogP contribution in [0.5, 0.6) is 5.75 Å².